The van der Waals surface area contributed by atoms with Crippen molar-refractivity contribution >= 4 is 23.4 Å². The van der Waals surface area contributed by atoms with Crippen molar-refractivity contribution in [2.24, 2.45) is 0 Å². The summed E-state index contributed by atoms with van der Waals surface area (Å²) < 4.78 is 17.5. The summed E-state index contributed by atoms with van der Waals surface area (Å²) in [6.45, 7) is 5.94. The van der Waals surface area contributed by atoms with E-state index < -0.39 is 6.23 Å². The molecule has 32 heavy (non-hydrogen) atoms. The van der Waals surface area contributed by atoms with Crippen molar-refractivity contribution in [1.82, 2.24) is 15.2 Å². The fourth-order valence-electron chi connectivity index (χ4n) is 3.57. The topological polar surface area (TPSA) is 86.7 Å². The number of benzene rings is 2. The van der Waals surface area contributed by atoms with Crippen molar-refractivity contribution in [3.05, 3.63) is 48.0 Å². The molecule has 1 amide bonds. The minimum Gasteiger partial charge on any atom is -0.493 e. The number of thioether (sulfide) groups is 1. The number of methoxy groups -OCH3 is 1. The largest absolute Gasteiger partial charge is 0.493 e. The number of carbonyl (C=O) groups is 1. The second-order valence-electron chi connectivity index (χ2n) is 6.90. The van der Waals surface area contributed by atoms with E-state index in [9.17, 15) is 4.79 Å². The number of ether oxygens (including phenoxy) is 3. The number of amides is 1. The number of anilines is 1. The van der Waals surface area contributed by atoms with Crippen molar-refractivity contribution in [2.75, 3.05) is 24.4 Å². The molecule has 8 nitrogen and oxygen atoms in total. The third-order valence-corrected chi connectivity index (χ3v) is 5.62. The van der Waals surface area contributed by atoms with Crippen LogP contribution >= 0.6 is 11.8 Å². The number of hydrogen-bond donors (Lipinski definition) is 0. The van der Waals surface area contributed by atoms with E-state index in [1.54, 1.807) is 12.0 Å². The van der Waals surface area contributed by atoms with Crippen LogP contribution in [0.3, 0.4) is 0 Å². The standard InChI is InChI=1S/C23H24N4O4S/c1-5-30-18-12-11-15(13-19(18)29-4)22-27(14(3)28)17-10-8-7-9-16(17)20-21(31-22)24-23(26-25-20)32-6-2/h7-13,22H,5-6H2,1-4H3/t22-/m0/s1. The first-order chi connectivity index (χ1) is 15.6. The Kier molecular flexibility index (Phi) is 6.45. The zero-order valence-corrected chi connectivity index (χ0v) is 19.2. The van der Waals surface area contributed by atoms with E-state index >= 15 is 0 Å². The molecule has 0 fully saturated rings. The van der Waals surface area contributed by atoms with Crippen LogP contribution in [0.15, 0.2) is 47.6 Å². The predicted octanol–water partition coefficient (Wildman–Crippen LogP) is 4.50. The second-order valence-corrected chi connectivity index (χ2v) is 8.13. The number of rotatable bonds is 6. The molecule has 0 radical (unpaired) electrons. The lowest BCUT2D eigenvalue weighted by molar-refractivity contribution is -0.118. The van der Waals surface area contributed by atoms with Crippen LogP contribution in [0.2, 0.25) is 0 Å². The van der Waals surface area contributed by atoms with E-state index in [0.717, 1.165) is 11.3 Å². The molecule has 9 heteroatoms. The van der Waals surface area contributed by atoms with Crippen LogP contribution in [0.5, 0.6) is 17.4 Å². The smallest absolute Gasteiger partial charge is 0.247 e. The summed E-state index contributed by atoms with van der Waals surface area (Å²) in [6.07, 6.45) is -0.782. The van der Waals surface area contributed by atoms with Crippen LogP contribution in [-0.4, -0.2) is 40.6 Å². The number of aromatic nitrogens is 3. The molecule has 0 saturated heterocycles. The Morgan fingerprint density at radius 3 is 2.69 bits per heavy atom. The van der Waals surface area contributed by atoms with Gasteiger partial charge in [0.05, 0.1) is 19.4 Å². The van der Waals surface area contributed by atoms with E-state index in [2.05, 4.69) is 15.2 Å². The van der Waals surface area contributed by atoms with Crippen LogP contribution in [0.25, 0.3) is 11.3 Å². The fourth-order valence-corrected chi connectivity index (χ4v) is 4.08. The molecule has 0 aliphatic carbocycles. The van der Waals surface area contributed by atoms with Crippen LogP contribution in [0, 0.1) is 0 Å². The van der Waals surface area contributed by atoms with Gasteiger partial charge < -0.3 is 14.2 Å². The first-order valence-electron chi connectivity index (χ1n) is 10.3. The Labute approximate surface area is 190 Å². The lowest BCUT2D eigenvalue weighted by Gasteiger charge is -2.30. The van der Waals surface area contributed by atoms with Crippen LogP contribution in [0.4, 0.5) is 5.69 Å². The highest BCUT2D eigenvalue weighted by molar-refractivity contribution is 7.99. The number of carbonyl (C=O) groups excluding carboxylic acids is 1. The fraction of sp³-hybridized carbons (Fsp3) is 0.304. The summed E-state index contributed by atoms with van der Waals surface area (Å²) in [5, 5.41) is 9.14. The molecule has 2 heterocycles. The first-order valence-corrected chi connectivity index (χ1v) is 11.3. The highest BCUT2D eigenvalue weighted by atomic mass is 32.2. The lowest BCUT2D eigenvalue weighted by atomic mass is 10.1. The molecule has 2 aromatic carbocycles. The van der Waals surface area contributed by atoms with Gasteiger partial charge in [0.2, 0.25) is 23.2 Å². The number of hydrogen-bond acceptors (Lipinski definition) is 8. The molecular weight excluding hydrogens is 428 g/mol. The Morgan fingerprint density at radius 2 is 1.97 bits per heavy atom. The predicted molar refractivity (Wildman–Crippen MR) is 122 cm³/mol. The SMILES string of the molecule is CCOc1ccc([C@@H]2Oc3nc(SCC)nnc3-c3ccccc3N2C(C)=O)cc1OC. The zero-order valence-electron chi connectivity index (χ0n) is 18.4. The van der Waals surface area contributed by atoms with Gasteiger partial charge in [-0.15, -0.1) is 10.2 Å². The summed E-state index contributed by atoms with van der Waals surface area (Å²) in [7, 11) is 1.58. The molecule has 1 atom stereocenters. The van der Waals surface area contributed by atoms with Gasteiger partial charge in [0.1, 0.15) is 0 Å². The van der Waals surface area contributed by atoms with Crippen LogP contribution < -0.4 is 19.1 Å². The van der Waals surface area contributed by atoms with Crippen molar-refractivity contribution in [1.29, 1.82) is 0 Å². The van der Waals surface area contributed by atoms with Crippen LogP contribution in [-0.2, 0) is 4.79 Å². The number of para-hydroxylation sites is 1. The highest BCUT2D eigenvalue weighted by Gasteiger charge is 2.35. The summed E-state index contributed by atoms with van der Waals surface area (Å²) in [4.78, 5) is 19.1. The Balaban J connectivity index is 1.90. The first kappa shape index (κ1) is 21.9. The van der Waals surface area contributed by atoms with Gasteiger partial charge in [0, 0.05) is 18.1 Å². The van der Waals surface area contributed by atoms with Gasteiger partial charge in [-0.05, 0) is 36.9 Å². The Morgan fingerprint density at radius 1 is 1.16 bits per heavy atom. The van der Waals surface area contributed by atoms with Crippen molar-refractivity contribution in [3.8, 4) is 28.6 Å². The average molecular weight is 453 g/mol. The molecule has 0 spiro atoms. The summed E-state index contributed by atoms with van der Waals surface area (Å²) in [5.41, 5.74) is 2.61. The third kappa shape index (κ3) is 4.08. The average Bonchev–Trinajstić information content (AvgIpc) is 2.94. The molecule has 1 aromatic heterocycles. The lowest BCUT2D eigenvalue weighted by Crippen LogP contribution is -2.36. The minimum absolute atomic E-state index is 0.181. The van der Waals surface area contributed by atoms with Crippen LogP contribution in [0.1, 0.15) is 32.6 Å². The van der Waals surface area contributed by atoms with Gasteiger partial charge in [-0.2, -0.15) is 4.98 Å². The van der Waals surface area contributed by atoms with E-state index in [-0.39, 0.29) is 5.91 Å². The molecule has 0 bridgehead atoms. The van der Waals surface area contributed by atoms with Crippen molar-refractivity contribution in [3.63, 3.8) is 0 Å². The van der Waals surface area contributed by atoms with Crippen molar-refractivity contribution < 1.29 is 19.0 Å². The molecule has 1 aliphatic heterocycles. The zero-order chi connectivity index (χ0) is 22.7. The van der Waals surface area contributed by atoms with E-state index in [0.29, 0.717) is 46.1 Å². The third-order valence-electron chi connectivity index (χ3n) is 4.90. The van der Waals surface area contributed by atoms with Gasteiger partial charge in [0.15, 0.2) is 17.2 Å². The Bertz CT molecular complexity index is 1140. The summed E-state index contributed by atoms with van der Waals surface area (Å²) in [5.74, 6) is 2.12. The number of nitrogens with zero attached hydrogens (tertiary/aromatic N) is 4. The van der Waals surface area contributed by atoms with Gasteiger partial charge in [-0.1, -0.05) is 36.9 Å². The molecule has 0 N–H and O–H groups in total. The number of fused-ring (bicyclic) bond motifs is 3. The normalized spacial score (nSPS) is 14.6. The molecule has 3 aromatic rings. The van der Waals surface area contributed by atoms with Gasteiger partial charge in [0.25, 0.3) is 0 Å². The summed E-state index contributed by atoms with van der Waals surface area (Å²) in [6, 6.07) is 13.0. The van der Waals surface area contributed by atoms with Crippen molar-refractivity contribution in [2.45, 2.75) is 32.2 Å². The maximum absolute atomic E-state index is 12.9. The minimum atomic E-state index is -0.782. The van der Waals surface area contributed by atoms with Gasteiger partial charge in [-0.3, -0.25) is 9.69 Å². The monoisotopic (exact) mass is 452 g/mol. The molecule has 0 unspecified atom stereocenters. The van der Waals surface area contributed by atoms with Gasteiger partial charge >= 0.3 is 0 Å². The quantitative estimate of drug-likeness (QED) is 0.505. The highest BCUT2D eigenvalue weighted by Crippen LogP contribution is 2.44. The molecule has 1 aliphatic rings. The van der Waals surface area contributed by atoms with Gasteiger partial charge in [-0.25, -0.2) is 0 Å². The summed E-state index contributed by atoms with van der Waals surface area (Å²) >= 11 is 1.47. The molecule has 0 saturated carbocycles. The maximum Gasteiger partial charge on any atom is 0.247 e. The molecule has 4 rings (SSSR count). The molecular formula is C23H24N4O4S. The van der Waals surface area contributed by atoms with E-state index in [4.69, 9.17) is 14.2 Å². The maximum atomic E-state index is 12.9. The second kappa shape index (κ2) is 9.44. The van der Waals surface area contributed by atoms with E-state index in [1.165, 1.54) is 18.7 Å². The Hall–Kier alpha value is -3.33. The van der Waals surface area contributed by atoms with E-state index in [1.807, 2.05) is 56.3 Å². The molecule has 166 valence electrons.